The maximum absolute atomic E-state index is 13.1. The third kappa shape index (κ3) is 2.54. The van der Waals surface area contributed by atoms with Crippen molar-refractivity contribution < 1.29 is 4.39 Å². The van der Waals surface area contributed by atoms with Gasteiger partial charge >= 0.3 is 0 Å². The van der Waals surface area contributed by atoms with E-state index in [4.69, 9.17) is 0 Å². The van der Waals surface area contributed by atoms with Gasteiger partial charge in [0.05, 0.1) is 12.1 Å². The molecule has 0 bridgehead atoms. The van der Waals surface area contributed by atoms with Crippen molar-refractivity contribution in [3.63, 3.8) is 0 Å². The second-order valence-corrected chi connectivity index (χ2v) is 5.86. The second kappa shape index (κ2) is 5.41. The second-order valence-electron chi connectivity index (χ2n) is 5.86. The van der Waals surface area contributed by atoms with Gasteiger partial charge in [-0.1, -0.05) is 23.8 Å². The Hall–Kier alpha value is -2.42. The first-order valence-corrected chi connectivity index (χ1v) is 7.31. The monoisotopic (exact) mass is 295 g/mol. The smallest absolute Gasteiger partial charge is 0.251 e. The van der Waals surface area contributed by atoms with Crippen molar-refractivity contribution in [2.75, 3.05) is 0 Å². The molecular formula is C19H18FNO. The lowest BCUT2D eigenvalue weighted by Crippen LogP contribution is -2.21. The molecule has 0 aliphatic carbocycles. The average molecular weight is 295 g/mol. The normalized spacial score (nSPS) is 11.1. The maximum atomic E-state index is 13.1. The molecule has 0 radical (unpaired) electrons. The van der Waals surface area contributed by atoms with Gasteiger partial charge in [-0.3, -0.25) is 4.79 Å². The number of hydrogen-bond donors (Lipinski definition) is 0. The Morgan fingerprint density at radius 1 is 0.955 bits per heavy atom. The molecule has 2 nitrogen and oxygen atoms in total. The van der Waals surface area contributed by atoms with Gasteiger partial charge < -0.3 is 4.57 Å². The quantitative estimate of drug-likeness (QED) is 0.697. The van der Waals surface area contributed by atoms with Crippen LogP contribution in [0.25, 0.3) is 10.9 Å². The zero-order valence-electron chi connectivity index (χ0n) is 13.0. The molecule has 3 rings (SSSR count). The fourth-order valence-electron chi connectivity index (χ4n) is 3.00. The molecule has 0 fully saturated rings. The minimum Gasteiger partial charge on any atom is -0.304 e. The van der Waals surface area contributed by atoms with Crippen molar-refractivity contribution >= 4 is 10.9 Å². The van der Waals surface area contributed by atoms with Crippen LogP contribution in [0, 0.1) is 26.6 Å². The summed E-state index contributed by atoms with van der Waals surface area (Å²) in [5.74, 6) is -0.267. The summed E-state index contributed by atoms with van der Waals surface area (Å²) in [7, 11) is 0. The molecule has 112 valence electrons. The number of nitrogens with zero attached hydrogens (tertiary/aromatic N) is 1. The van der Waals surface area contributed by atoms with Crippen LogP contribution < -0.4 is 5.56 Å². The molecule has 1 heterocycles. The van der Waals surface area contributed by atoms with E-state index in [1.54, 1.807) is 22.8 Å². The summed E-state index contributed by atoms with van der Waals surface area (Å²) in [5.41, 5.74) is 5.09. The SMILES string of the molecule is Cc1cc(C)c2c(c1)c(C)cc(=O)n2Cc1ccc(F)cc1. The van der Waals surface area contributed by atoms with Crippen molar-refractivity contribution in [2.24, 2.45) is 0 Å². The predicted molar refractivity (Wildman–Crippen MR) is 87.9 cm³/mol. The molecule has 0 saturated heterocycles. The molecule has 0 amide bonds. The highest BCUT2D eigenvalue weighted by Crippen LogP contribution is 2.23. The number of hydrogen-bond acceptors (Lipinski definition) is 1. The van der Waals surface area contributed by atoms with E-state index in [0.717, 1.165) is 27.6 Å². The number of aromatic nitrogens is 1. The van der Waals surface area contributed by atoms with Crippen molar-refractivity contribution in [3.8, 4) is 0 Å². The zero-order chi connectivity index (χ0) is 15.9. The first-order valence-electron chi connectivity index (χ1n) is 7.31. The van der Waals surface area contributed by atoms with Gasteiger partial charge in [0.25, 0.3) is 5.56 Å². The van der Waals surface area contributed by atoms with Crippen LogP contribution in [0.1, 0.15) is 22.3 Å². The summed E-state index contributed by atoms with van der Waals surface area (Å²) in [6, 6.07) is 12.2. The molecule has 0 N–H and O–H groups in total. The number of rotatable bonds is 2. The summed E-state index contributed by atoms with van der Waals surface area (Å²) in [5, 5.41) is 1.10. The molecule has 1 aromatic heterocycles. The molecule has 0 unspecified atom stereocenters. The van der Waals surface area contributed by atoms with Gasteiger partial charge in [-0.2, -0.15) is 0 Å². The number of benzene rings is 2. The number of aryl methyl sites for hydroxylation is 3. The van der Waals surface area contributed by atoms with Gasteiger partial charge in [-0.25, -0.2) is 4.39 Å². The zero-order valence-corrected chi connectivity index (χ0v) is 13.0. The van der Waals surface area contributed by atoms with E-state index in [-0.39, 0.29) is 11.4 Å². The third-order valence-electron chi connectivity index (χ3n) is 4.00. The van der Waals surface area contributed by atoms with Gasteiger partial charge in [0.15, 0.2) is 0 Å². The molecule has 22 heavy (non-hydrogen) atoms. The van der Waals surface area contributed by atoms with E-state index in [0.29, 0.717) is 6.54 Å². The molecule has 0 spiro atoms. The van der Waals surface area contributed by atoms with Crippen LogP contribution in [-0.4, -0.2) is 4.57 Å². The van der Waals surface area contributed by atoms with Crippen molar-refractivity contribution in [3.05, 3.63) is 80.9 Å². The topological polar surface area (TPSA) is 22.0 Å². The van der Waals surface area contributed by atoms with Crippen molar-refractivity contribution in [1.82, 2.24) is 4.57 Å². The summed E-state index contributed by atoms with van der Waals surface area (Å²) in [4.78, 5) is 12.5. The highest BCUT2D eigenvalue weighted by molar-refractivity contribution is 5.86. The third-order valence-corrected chi connectivity index (χ3v) is 4.00. The van der Waals surface area contributed by atoms with Crippen LogP contribution in [0.5, 0.6) is 0 Å². The van der Waals surface area contributed by atoms with E-state index in [2.05, 4.69) is 19.1 Å². The lowest BCUT2D eigenvalue weighted by atomic mass is 10.0. The van der Waals surface area contributed by atoms with Gasteiger partial charge in [0, 0.05) is 11.5 Å². The summed E-state index contributed by atoms with van der Waals surface area (Å²) < 4.78 is 14.8. The molecule has 3 heteroatoms. The van der Waals surface area contributed by atoms with E-state index in [1.165, 1.54) is 17.7 Å². The van der Waals surface area contributed by atoms with Gasteiger partial charge in [-0.15, -0.1) is 0 Å². The Morgan fingerprint density at radius 3 is 2.32 bits per heavy atom. The highest BCUT2D eigenvalue weighted by Gasteiger charge is 2.10. The lowest BCUT2D eigenvalue weighted by Gasteiger charge is -2.15. The first-order chi connectivity index (χ1) is 10.5. The number of halogens is 1. The van der Waals surface area contributed by atoms with Crippen LogP contribution >= 0.6 is 0 Å². The highest BCUT2D eigenvalue weighted by atomic mass is 19.1. The molecule has 0 aliphatic rings. The Kier molecular flexibility index (Phi) is 3.57. The van der Waals surface area contributed by atoms with Crippen molar-refractivity contribution in [1.29, 1.82) is 0 Å². The molecular weight excluding hydrogens is 277 g/mol. The first kappa shape index (κ1) is 14.5. The fraction of sp³-hybridized carbons (Fsp3) is 0.211. The summed E-state index contributed by atoms with van der Waals surface area (Å²) >= 11 is 0. The van der Waals surface area contributed by atoms with E-state index in [9.17, 15) is 9.18 Å². The minimum atomic E-state index is -0.267. The standard InChI is InChI=1S/C19H18FNO/c1-12-8-14(3)19-17(9-12)13(2)10-18(22)21(19)11-15-4-6-16(20)7-5-15/h4-10H,11H2,1-3H3. The summed E-state index contributed by atoms with van der Waals surface area (Å²) in [6.07, 6.45) is 0. The van der Waals surface area contributed by atoms with E-state index in [1.807, 2.05) is 13.8 Å². The molecule has 2 aromatic carbocycles. The number of fused-ring (bicyclic) bond motifs is 1. The van der Waals surface area contributed by atoms with Gasteiger partial charge in [-0.05, 0) is 55.7 Å². The molecule has 3 aromatic rings. The van der Waals surface area contributed by atoms with Crippen LogP contribution in [-0.2, 0) is 6.54 Å². The Morgan fingerprint density at radius 2 is 1.64 bits per heavy atom. The minimum absolute atomic E-state index is 0.0266. The van der Waals surface area contributed by atoms with Crippen LogP contribution in [0.15, 0.2) is 47.3 Å². The Balaban J connectivity index is 2.24. The molecule has 0 atom stereocenters. The van der Waals surface area contributed by atoms with Crippen LogP contribution in [0.4, 0.5) is 4.39 Å². The molecule has 0 saturated carbocycles. The van der Waals surface area contributed by atoms with Crippen LogP contribution in [0.2, 0.25) is 0 Å². The van der Waals surface area contributed by atoms with E-state index < -0.39 is 0 Å². The maximum Gasteiger partial charge on any atom is 0.251 e. The van der Waals surface area contributed by atoms with E-state index >= 15 is 0 Å². The average Bonchev–Trinajstić information content (AvgIpc) is 2.45. The molecule has 0 aliphatic heterocycles. The Labute approximate surface area is 128 Å². The Bertz CT molecular complexity index is 907. The lowest BCUT2D eigenvalue weighted by molar-refractivity contribution is 0.626. The largest absolute Gasteiger partial charge is 0.304 e. The fourth-order valence-corrected chi connectivity index (χ4v) is 3.00. The van der Waals surface area contributed by atoms with Crippen LogP contribution in [0.3, 0.4) is 0 Å². The van der Waals surface area contributed by atoms with Gasteiger partial charge in [0.1, 0.15) is 5.82 Å². The van der Waals surface area contributed by atoms with Gasteiger partial charge in [0.2, 0.25) is 0 Å². The van der Waals surface area contributed by atoms with Crippen molar-refractivity contribution in [2.45, 2.75) is 27.3 Å². The number of pyridine rings is 1. The predicted octanol–water partition coefficient (Wildman–Crippen LogP) is 4.11. The summed E-state index contributed by atoms with van der Waals surface area (Å²) in [6.45, 7) is 6.49.